The van der Waals surface area contributed by atoms with Gasteiger partial charge in [0.05, 0.1) is 18.9 Å². The van der Waals surface area contributed by atoms with Crippen molar-refractivity contribution in [1.29, 1.82) is 0 Å². The zero-order valence-corrected chi connectivity index (χ0v) is 17.1. The van der Waals surface area contributed by atoms with Crippen molar-refractivity contribution < 1.29 is 17.9 Å². The van der Waals surface area contributed by atoms with Gasteiger partial charge in [-0.2, -0.15) is 0 Å². The summed E-state index contributed by atoms with van der Waals surface area (Å²) in [6.45, 7) is 6.66. The third-order valence-corrected chi connectivity index (χ3v) is 5.42. The fraction of sp³-hybridized carbons (Fsp3) is 0.474. The number of hydrogen-bond donors (Lipinski definition) is 1. The summed E-state index contributed by atoms with van der Waals surface area (Å²) >= 11 is 0. The molecule has 0 spiro atoms. The smallest absolute Gasteiger partial charge is 0.255 e. The second kappa shape index (κ2) is 8.32. The first kappa shape index (κ1) is 20.3. The zero-order valence-electron chi connectivity index (χ0n) is 16.3. The molecular formula is C19H25N3O5S. The topological polar surface area (TPSA) is 102 Å². The van der Waals surface area contributed by atoms with E-state index < -0.39 is 9.84 Å². The summed E-state index contributed by atoms with van der Waals surface area (Å²) in [5.41, 5.74) is 1.70. The van der Waals surface area contributed by atoms with Gasteiger partial charge in [0.2, 0.25) is 15.0 Å². The number of aromatic nitrogens is 2. The number of hydrogen-bond acceptors (Lipinski definition) is 7. The van der Waals surface area contributed by atoms with Gasteiger partial charge in [-0.15, -0.1) is 0 Å². The molecule has 0 saturated carbocycles. The molecule has 28 heavy (non-hydrogen) atoms. The first-order valence-electron chi connectivity index (χ1n) is 9.24. The fourth-order valence-electron chi connectivity index (χ4n) is 3.23. The number of ether oxygens (including phenoxy) is 2. The Morgan fingerprint density at radius 1 is 1.21 bits per heavy atom. The Balaban J connectivity index is 1.85. The highest BCUT2D eigenvalue weighted by Gasteiger charge is 2.24. The Kier molecular flexibility index (Phi) is 6.04. The van der Waals surface area contributed by atoms with Gasteiger partial charge in [0.15, 0.2) is 0 Å². The number of H-pyrrole nitrogens is 1. The molecule has 0 bridgehead atoms. The lowest BCUT2D eigenvalue weighted by Gasteiger charge is -2.28. The molecular weight excluding hydrogens is 382 g/mol. The lowest BCUT2D eigenvalue weighted by atomic mass is 10.1. The number of sulfone groups is 1. The molecule has 1 aromatic heterocycles. The van der Waals surface area contributed by atoms with Crippen molar-refractivity contribution in [3.8, 4) is 11.5 Å². The highest BCUT2D eigenvalue weighted by molar-refractivity contribution is 7.90. The summed E-state index contributed by atoms with van der Waals surface area (Å²) in [4.78, 5) is 20.9. The van der Waals surface area contributed by atoms with E-state index in [9.17, 15) is 13.2 Å². The van der Waals surface area contributed by atoms with Gasteiger partial charge in [-0.25, -0.2) is 13.4 Å². The highest BCUT2D eigenvalue weighted by Crippen LogP contribution is 2.28. The average Bonchev–Trinajstić information content (AvgIpc) is 2.63. The van der Waals surface area contributed by atoms with Crippen molar-refractivity contribution in [3.05, 3.63) is 45.4 Å². The second-order valence-electron chi connectivity index (χ2n) is 6.66. The maximum Gasteiger partial charge on any atom is 0.255 e. The van der Waals surface area contributed by atoms with E-state index in [1.165, 1.54) is 0 Å². The fourth-order valence-corrected chi connectivity index (χ4v) is 3.79. The van der Waals surface area contributed by atoms with E-state index in [0.717, 1.165) is 23.3 Å². The lowest BCUT2D eigenvalue weighted by Crippen LogP contribution is -2.35. The number of nitrogens with zero attached hydrogens (tertiary/aromatic N) is 2. The molecule has 152 valence electrons. The number of fused-ring (bicyclic) bond motifs is 1. The van der Waals surface area contributed by atoms with Crippen molar-refractivity contribution >= 4 is 9.84 Å². The summed E-state index contributed by atoms with van der Waals surface area (Å²) in [6.07, 6.45) is 1.55. The molecule has 0 atom stereocenters. The van der Waals surface area contributed by atoms with Gasteiger partial charge in [0, 0.05) is 43.1 Å². The standard InChI is InChI=1S/C19H25N3O5S/c1-4-26-14-7-6-13(17(10-14)27-5-2)11-22-9-8-15-16(12-22)20-19(21-18(15)23)28(3,24)25/h6-7,10H,4-5,8-9,11-12H2,1-3H3,(H,20,21,23). The monoisotopic (exact) mass is 407 g/mol. The van der Waals surface area contributed by atoms with Gasteiger partial charge in [-0.3, -0.25) is 14.7 Å². The van der Waals surface area contributed by atoms with E-state index in [1.54, 1.807) is 0 Å². The minimum atomic E-state index is -3.58. The number of rotatable bonds is 7. The van der Waals surface area contributed by atoms with Crippen LogP contribution in [0.15, 0.2) is 28.2 Å². The summed E-state index contributed by atoms with van der Waals surface area (Å²) in [7, 11) is -3.58. The largest absolute Gasteiger partial charge is 0.494 e. The third-order valence-electron chi connectivity index (χ3n) is 4.53. The van der Waals surface area contributed by atoms with Gasteiger partial charge < -0.3 is 9.47 Å². The number of aromatic amines is 1. The minimum absolute atomic E-state index is 0.283. The molecule has 3 rings (SSSR count). The Labute approximate surface area is 164 Å². The normalized spacial score (nSPS) is 14.5. The van der Waals surface area contributed by atoms with E-state index in [0.29, 0.717) is 50.5 Å². The molecule has 2 heterocycles. The van der Waals surface area contributed by atoms with Crippen LogP contribution in [-0.4, -0.2) is 49.3 Å². The Bertz CT molecular complexity index is 1020. The molecule has 0 radical (unpaired) electrons. The quantitative estimate of drug-likeness (QED) is 0.695. The molecule has 0 fully saturated rings. The van der Waals surface area contributed by atoms with E-state index in [4.69, 9.17) is 9.47 Å². The van der Waals surface area contributed by atoms with Crippen LogP contribution in [0, 0.1) is 0 Å². The maximum absolute atomic E-state index is 12.2. The summed E-state index contributed by atoms with van der Waals surface area (Å²) in [5.74, 6) is 1.51. The zero-order chi connectivity index (χ0) is 20.3. The Hall–Kier alpha value is -2.39. The summed E-state index contributed by atoms with van der Waals surface area (Å²) in [5, 5.41) is -0.283. The predicted octanol–water partition coefficient (Wildman–Crippen LogP) is 1.53. The van der Waals surface area contributed by atoms with E-state index >= 15 is 0 Å². The molecule has 0 saturated heterocycles. The number of nitrogens with one attached hydrogen (secondary N) is 1. The first-order valence-corrected chi connectivity index (χ1v) is 11.1. The van der Waals surface area contributed by atoms with Crippen LogP contribution >= 0.6 is 0 Å². The van der Waals surface area contributed by atoms with Crippen molar-refractivity contribution in [2.24, 2.45) is 0 Å². The Morgan fingerprint density at radius 3 is 2.64 bits per heavy atom. The molecule has 0 amide bonds. The van der Waals surface area contributed by atoms with Crippen LogP contribution in [0.1, 0.15) is 30.7 Å². The first-order chi connectivity index (χ1) is 13.3. The van der Waals surface area contributed by atoms with Crippen molar-refractivity contribution in [1.82, 2.24) is 14.9 Å². The third kappa shape index (κ3) is 4.53. The average molecular weight is 407 g/mol. The molecule has 1 aliphatic rings. The molecule has 2 aromatic rings. The molecule has 8 nitrogen and oxygen atoms in total. The van der Waals surface area contributed by atoms with Crippen molar-refractivity contribution in [2.45, 2.75) is 38.5 Å². The summed E-state index contributed by atoms with van der Waals surface area (Å²) < 4.78 is 34.8. The SMILES string of the molecule is CCOc1ccc(CN2CCc3c(nc(S(C)(=O)=O)[nH]c3=O)C2)c(OCC)c1. The number of benzene rings is 1. The minimum Gasteiger partial charge on any atom is -0.494 e. The lowest BCUT2D eigenvalue weighted by molar-refractivity contribution is 0.233. The predicted molar refractivity (Wildman–Crippen MR) is 105 cm³/mol. The van der Waals surface area contributed by atoms with Crippen LogP contribution in [0.3, 0.4) is 0 Å². The van der Waals surface area contributed by atoms with Crippen LogP contribution in [-0.2, 0) is 29.3 Å². The van der Waals surface area contributed by atoms with Gasteiger partial charge in [0.1, 0.15) is 11.5 Å². The van der Waals surface area contributed by atoms with Gasteiger partial charge >= 0.3 is 0 Å². The second-order valence-corrected chi connectivity index (χ2v) is 8.60. The van der Waals surface area contributed by atoms with E-state index in [1.807, 2.05) is 32.0 Å². The molecule has 0 unspecified atom stereocenters. The molecule has 9 heteroatoms. The van der Waals surface area contributed by atoms with E-state index in [-0.39, 0.29) is 10.7 Å². The van der Waals surface area contributed by atoms with Crippen molar-refractivity contribution in [3.63, 3.8) is 0 Å². The van der Waals surface area contributed by atoms with Crippen LogP contribution in [0.2, 0.25) is 0 Å². The van der Waals surface area contributed by atoms with E-state index in [2.05, 4.69) is 14.9 Å². The molecule has 1 N–H and O–H groups in total. The maximum atomic E-state index is 12.2. The van der Waals surface area contributed by atoms with Crippen LogP contribution in [0.25, 0.3) is 0 Å². The molecule has 1 aromatic carbocycles. The van der Waals surface area contributed by atoms with Crippen LogP contribution in [0.4, 0.5) is 0 Å². The van der Waals surface area contributed by atoms with Crippen molar-refractivity contribution in [2.75, 3.05) is 26.0 Å². The van der Waals surface area contributed by atoms with Gasteiger partial charge in [-0.05, 0) is 26.3 Å². The summed E-state index contributed by atoms with van der Waals surface area (Å²) in [6, 6.07) is 5.76. The molecule has 0 aliphatic carbocycles. The Morgan fingerprint density at radius 2 is 1.96 bits per heavy atom. The van der Waals surface area contributed by atoms with Crippen LogP contribution < -0.4 is 15.0 Å². The van der Waals surface area contributed by atoms with Crippen LogP contribution in [0.5, 0.6) is 11.5 Å². The van der Waals surface area contributed by atoms with Gasteiger partial charge in [0.25, 0.3) is 5.56 Å². The molecule has 1 aliphatic heterocycles. The highest BCUT2D eigenvalue weighted by atomic mass is 32.2. The van der Waals surface area contributed by atoms with Gasteiger partial charge in [-0.1, -0.05) is 6.07 Å².